The smallest absolute Gasteiger partial charge is 0.146 e. The van der Waals surface area contributed by atoms with Crippen molar-refractivity contribution in [2.75, 3.05) is 0 Å². The zero-order valence-corrected chi connectivity index (χ0v) is 26.3. The van der Waals surface area contributed by atoms with E-state index in [-0.39, 0.29) is 0 Å². The highest BCUT2D eigenvalue weighted by atomic mass is 32.1. The highest BCUT2D eigenvalue weighted by molar-refractivity contribution is 7.25. The van der Waals surface area contributed by atoms with Gasteiger partial charge in [0.2, 0.25) is 0 Å². The summed E-state index contributed by atoms with van der Waals surface area (Å²) in [6.07, 6.45) is 13.3. The van der Waals surface area contributed by atoms with Crippen molar-refractivity contribution >= 4 is 64.2 Å². The average Bonchev–Trinajstić information content (AvgIpc) is 3.66. The first-order valence-corrected chi connectivity index (χ1v) is 16.3. The van der Waals surface area contributed by atoms with Gasteiger partial charge in [-0.15, -0.1) is 24.2 Å². The largest absolute Gasteiger partial charge is 0.291 e. The van der Waals surface area contributed by atoms with E-state index in [2.05, 4.69) is 148 Å². The van der Waals surface area contributed by atoms with Crippen molar-refractivity contribution in [3.8, 4) is 75.7 Å². The van der Waals surface area contributed by atoms with Crippen molar-refractivity contribution < 1.29 is 0 Å². The number of hydrogen-bond acceptors (Lipinski definition) is 3. The lowest BCUT2D eigenvalue weighted by molar-refractivity contribution is 1.10. The average molecular weight is 626 g/mol. The van der Waals surface area contributed by atoms with Crippen LogP contribution in [0.15, 0.2) is 128 Å². The molecule has 0 saturated carbocycles. The number of nitrogens with zero attached hydrogens (tertiary/aromatic N) is 3. The van der Waals surface area contributed by atoms with Gasteiger partial charge in [-0.25, -0.2) is 4.98 Å². The number of aromatic nitrogens is 3. The fourth-order valence-electron chi connectivity index (χ4n) is 7.06. The third-order valence-electron chi connectivity index (χ3n) is 9.03. The van der Waals surface area contributed by atoms with E-state index < -0.39 is 0 Å². The van der Waals surface area contributed by atoms with E-state index in [1.165, 1.54) is 64.3 Å². The van der Waals surface area contributed by atoms with Gasteiger partial charge in [-0.3, -0.25) is 9.55 Å². The minimum Gasteiger partial charge on any atom is -0.291 e. The molecule has 0 N–H and O–H groups in total. The Kier molecular flexibility index (Phi) is 6.34. The molecule has 0 fully saturated rings. The summed E-state index contributed by atoms with van der Waals surface area (Å²) in [6, 6.07) is 41.9. The molecule has 3 nitrogen and oxygen atoms in total. The quantitative estimate of drug-likeness (QED) is 0.170. The molecule has 4 aromatic heterocycles. The molecular weight excluding hydrogens is 603 g/mol. The molecular formula is C44H23N3S. The molecule has 0 aliphatic carbocycles. The second kappa shape index (κ2) is 11.0. The van der Waals surface area contributed by atoms with E-state index in [1.54, 1.807) is 0 Å². The molecule has 0 amide bonds. The summed E-state index contributed by atoms with van der Waals surface area (Å²) in [5.74, 6) is 9.56. The Morgan fingerprint density at radius 3 is 2.19 bits per heavy atom. The van der Waals surface area contributed by atoms with Crippen LogP contribution in [-0.2, 0) is 0 Å². The van der Waals surface area contributed by atoms with Crippen molar-refractivity contribution in [3.63, 3.8) is 0 Å². The molecule has 10 rings (SSSR count). The maximum absolute atomic E-state index is 5.33. The zero-order chi connectivity index (χ0) is 32.2. The van der Waals surface area contributed by atoms with Gasteiger partial charge in [0.05, 0.1) is 22.7 Å². The first-order valence-electron chi connectivity index (χ1n) is 15.5. The molecule has 1 aliphatic rings. The normalized spacial score (nSPS) is 11.1. The standard InChI is InChI=1S/C38H21N3S.C6H2/c1-5-11-32-23(7-1)19-31-26-9-3-2-8-25(26)29-16-15-24(22-13-14-28-27-10-4-6-12-34(27)42-35(28)20-22)36-30-17-18-39-21-33(30)41(37(29)36)38(31)40-32;1-3-5-6-4-2/h1-21H;1-2H. The number of hydrogen-bond donors (Lipinski definition) is 0. The van der Waals surface area contributed by atoms with Gasteiger partial charge in [0.1, 0.15) is 5.82 Å². The lowest BCUT2D eigenvalue weighted by Gasteiger charge is -2.12. The Balaban J connectivity index is 0.000000483. The summed E-state index contributed by atoms with van der Waals surface area (Å²) in [4.78, 5) is 9.93. The van der Waals surface area contributed by atoms with Crippen molar-refractivity contribution in [2.45, 2.75) is 0 Å². The van der Waals surface area contributed by atoms with Crippen molar-refractivity contribution in [2.24, 2.45) is 0 Å². The van der Waals surface area contributed by atoms with Crippen LogP contribution in [0.1, 0.15) is 0 Å². The van der Waals surface area contributed by atoms with Crippen LogP contribution < -0.4 is 0 Å². The molecule has 4 heteroatoms. The number of rotatable bonds is 1. The predicted molar refractivity (Wildman–Crippen MR) is 202 cm³/mol. The molecule has 9 aromatic rings. The van der Waals surface area contributed by atoms with Crippen LogP contribution in [0.4, 0.5) is 0 Å². The van der Waals surface area contributed by atoms with E-state index in [4.69, 9.17) is 17.8 Å². The predicted octanol–water partition coefficient (Wildman–Crippen LogP) is 10.7. The van der Waals surface area contributed by atoms with Gasteiger partial charge in [-0.1, -0.05) is 84.9 Å². The highest BCUT2D eigenvalue weighted by Gasteiger charge is 2.27. The second-order valence-corrected chi connectivity index (χ2v) is 12.6. The first kappa shape index (κ1) is 27.7. The summed E-state index contributed by atoms with van der Waals surface area (Å²) in [7, 11) is 0. The van der Waals surface area contributed by atoms with E-state index in [0.717, 1.165) is 27.8 Å². The van der Waals surface area contributed by atoms with E-state index in [0.29, 0.717) is 0 Å². The molecule has 1 aliphatic heterocycles. The molecule has 5 heterocycles. The Morgan fingerprint density at radius 1 is 0.604 bits per heavy atom. The lowest BCUT2D eigenvalue weighted by atomic mass is 9.91. The fraction of sp³-hybridized carbons (Fsp3) is 0. The first-order chi connectivity index (χ1) is 23.7. The van der Waals surface area contributed by atoms with Crippen LogP contribution >= 0.6 is 11.3 Å². The number of benzene rings is 5. The highest BCUT2D eigenvalue weighted by Crippen LogP contribution is 2.49. The molecule has 0 saturated heterocycles. The summed E-state index contributed by atoms with van der Waals surface area (Å²) >= 11 is 1.86. The van der Waals surface area contributed by atoms with Crippen LogP contribution in [0.3, 0.4) is 0 Å². The lowest BCUT2D eigenvalue weighted by Crippen LogP contribution is -2.00. The van der Waals surface area contributed by atoms with Crippen LogP contribution in [0.5, 0.6) is 0 Å². The summed E-state index contributed by atoms with van der Waals surface area (Å²) in [6.45, 7) is 0. The van der Waals surface area contributed by atoms with Crippen molar-refractivity contribution in [3.05, 3.63) is 128 Å². The number of pyridine rings is 2. The van der Waals surface area contributed by atoms with E-state index >= 15 is 0 Å². The second-order valence-electron chi connectivity index (χ2n) is 11.6. The minimum absolute atomic E-state index is 0.949. The number of fused-ring (bicyclic) bond motifs is 12. The van der Waals surface area contributed by atoms with Crippen molar-refractivity contribution in [1.82, 2.24) is 14.5 Å². The molecule has 0 atom stereocenters. The maximum atomic E-state index is 5.33. The van der Waals surface area contributed by atoms with Crippen LogP contribution in [0.25, 0.3) is 92.1 Å². The fourth-order valence-corrected chi connectivity index (χ4v) is 8.21. The minimum atomic E-state index is 0.949. The summed E-state index contributed by atoms with van der Waals surface area (Å²) in [5.41, 5.74) is 10.5. The Labute approximate surface area is 281 Å². The molecule has 5 aromatic carbocycles. The third-order valence-corrected chi connectivity index (χ3v) is 10.2. The van der Waals surface area contributed by atoms with E-state index in [1.807, 2.05) is 23.7 Å². The topological polar surface area (TPSA) is 30.7 Å². The Hall–Kier alpha value is -6.64. The molecule has 0 unspecified atom stereocenters. The number of para-hydroxylation sites is 1. The van der Waals surface area contributed by atoms with Gasteiger partial charge in [0, 0.05) is 53.7 Å². The summed E-state index contributed by atoms with van der Waals surface area (Å²) in [5, 5.41) is 6.21. The van der Waals surface area contributed by atoms with Crippen LogP contribution in [-0.4, -0.2) is 14.5 Å². The Morgan fingerprint density at radius 2 is 1.33 bits per heavy atom. The number of thiophene rings is 1. The molecule has 0 spiro atoms. The molecule has 48 heavy (non-hydrogen) atoms. The monoisotopic (exact) mass is 625 g/mol. The van der Waals surface area contributed by atoms with Gasteiger partial charge in [-0.05, 0) is 76.3 Å². The zero-order valence-electron chi connectivity index (χ0n) is 25.5. The molecule has 220 valence electrons. The van der Waals surface area contributed by atoms with Gasteiger partial charge < -0.3 is 0 Å². The number of terminal acetylenes is 2. The van der Waals surface area contributed by atoms with Crippen LogP contribution in [0.2, 0.25) is 0 Å². The Bertz CT molecular complexity index is 2920. The van der Waals surface area contributed by atoms with Gasteiger partial charge in [-0.2, -0.15) is 0 Å². The summed E-state index contributed by atoms with van der Waals surface area (Å²) < 4.78 is 4.99. The van der Waals surface area contributed by atoms with E-state index in [9.17, 15) is 0 Å². The molecule has 0 bridgehead atoms. The van der Waals surface area contributed by atoms with Gasteiger partial charge in [0.15, 0.2) is 0 Å². The van der Waals surface area contributed by atoms with Gasteiger partial charge in [0.25, 0.3) is 0 Å². The van der Waals surface area contributed by atoms with Gasteiger partial charge >= 0.3 is 0 Å². The SMILES string of the molecule is C#CC#CC#C.c1ccc2c(c1)-c1cc3ccccc3nc1-n1c3cnccc3c3c(-c4ccc5c(c4)sc4ccccc45)ccc-2c31. The maximum Gasteiger partial charge on any atom is 0.146 e. The molecule has 0 radical (unpaired) electrons. The van der Waals surface area contributed by atoms with Crippen molar-refractivity contribution in [1.29, 1.82) is 0 Å². The van der Waals surface area contributed by atoms with Crippen LogP contribution in [0, 0.1) is 36.5 Å². The third kappa shape index (κ3) is 4.13.